The zero-order valence-electron chi connectivity index (χ0n) is 17.1. The summed E-state index contributed by atoms with van der Waals surface area (Å²) in [7, 11) is -3.93. The van der Waals surface area contributed by atoms with Crippen LogP contribution in [0.5, 0.6) is 0 Å². The average Bonchev–Trinajstić information content (AvgIpc) is 3.01. The molecule has 0 fully saturated rings. The number of pyridine rings is 1. The van der Waals surface area contributed by atoms with Crippen molar-refractivity contribution < 1.29 is 18.0 Å². The fourth-order valence-corrected chi connectivity index (χ4v) is 5.68. The SMILES string of the molecule is CC(=O)NS(=O)(=O)c1ccc(NC(=O)c2sc3nc4c(cc3c2N)CC(C)CC4)cc1. The number of benzene rings is 1. The Hall–Kier alpha value is -2.98. The third kappa shape index (κ3) is 4.26. The van der Waals surface area contributed by atoms with Gasteiger partial charge >= 0.3 is 0 Å². The van der Waals surface area contributed by atoms with Crippen molar-refractivity contribution in [3.63, 3.8) is 0 Å². The van der Waals surface area contributed by atoms with E-state index in [4.69, 9.17) is 10.7 Å². The highest BCUT2D eigenvalue weighted by Crippen LogP contribution is 2.36. The Morgan fingerprint density at radius 2 is 1.94 bits per heavy atom. The molecular weight excluding hydrogens is 436 g/mol. The molecule has 4 rings (SSSR count). The smallest absolute Gasteiger partial charge is 0.267 e. The number of fused-ring (bicyclic) bond motifs is 2. The topological polar surface area (TPSA) is 131 Å². The van der Waals surface area contributed by atoms with E-state index in [9.17, 15) is 18.0 Å². The van der Waals surface area contributed by atoms with Crippen molar-refractivity contribution in [2.45, 2.75) is 38.0 Å². The second-order valence-corrected chi connectivity index (χ2v) is 10.5. The van der Waals surface area contributed by atoms with E-state index in [-0.39, 0.29) is 10.8 Å². The van der Waals surface area contributed by atoms with Gasteiger partial charge in [0.05, 0.1) is 10.6 Å². The van der Waals surface area contributed by atoms with Crippen molar-refractivity contribution in [1.82, 2.24) is 9.71 Å². The number of nitrogens with two attached hydrogens (primary N) is 1. The van der Waals surface area contributed by atoms with Crippen LogP contribution < -0.4 is 15.8 Å². The van der Waals surface area contributed by atoms with Crippen molar-refractivity contribution in [3.05, 3.63) is 46.5 Å². The van der Waals surface area contributed by atoms with Crippen molar-refractivity contribution in [2.75, 3.05) is 11.1 Å². The highest BCUT2D eigenvalue weighted by molar-refractivity contribution is 7.90. The molecule has 162 valence electrons. The van der Waals surface area contributed by atoms with E-state index in [1.807, 2.05) is 4.72 Å². The molecule has 31 heavy (non-hydrogen) atoms. The van der Waals surface area contributed by atoms with Crippen LogP contribution in [0.3, 0.4) is 0 Å². The number of carbonyl (C=O) groups is 2. The second kappa shape index (κ2) is 7.93. The minimum absolute atomic E-state index is 0.0777. The summed E-state index contributed by atoms with van der Waals surface area (Å²) < 4.78 is 26.0. The predicted octanol–water partition coefficient (Wildman–Crippen LogP) is 3.08. The number of hydrogen-bond donors (Lipinski definition) is 3. The Morgan fingerprint density at radius 1 is 1.23 bits per heavy atom. The lowest BCUT2D eigenvalue weighted by Gasteiger charge is -2.20. The van der Waals surface area contributed by atoms with Gasteiger partial charge in [0.1, 0.15) is 9.71 Å². The van der Waals surface area contributed by atoms with Crippen LogP contribution in [0.2, 0.25) is 0 Å². The van der Waals surface area contributed by atoms with Gasteiger partial charge in [0.15, 0.2) is 0 Å². The van der Waals surface area contributed by atoms with Crippen LogP contribution in [0, 0.1) is 5.92 Å². The van der Waals surface area contributed by atoms with E-state index in [1.165, 1.54) is 41.2 Å². The summed E-state index contributed by atoms with van der Waals surface area (Å²) in [6.07, 6.45) is 3.00. The van der Waals surface area contributed by atoms with Crippen LogP contribution in [0.4, 0.5) is 11.4 Å². The minimum Gasteiger partial charge on any atom is -0.397 e. The molecule has 2 amide bonds. The molecule has 0 saturated heterocycles. The number of nitrogens with one attached hydrogen (secondary N) is 2. The van der Waals surface area contributed by atoms with Gasteiger partial charge in [-0.2, -0.15) is 0 Å². The third-order valence-corrected chi connectivity index (χ3v) is 7.80. The molecule has 10 heteroatoms. The number of amides is 2. The minimum atomic E-state index is -3.93. The Labute approximate surface area is 183 Å². The van der Waals surface area contributed by atoms with Gasteiger partial charge in [-0.05, 0) is 61.1 Å². The summed E-state index contributed by atoms with van der Waals surface area (Å²) in [6.45, 7) is 3.34. The first-order chi connectivity index (χ1) is 14.6. The quantitative estimate of drug-likeness (QED) is 0.551. The van der Waals surface area contributed by atoms with E-state index < -0.39 is 15.9 Å². The molecule has 0 spiro atoms. The van der Waals surface area contributed by atoms with Crippen LogP contribution in [0.25, 0.3) is 10.2 Å². The molecule has 8 nitrogen and oxygen atoms in total. The van der Waals surface area contributed by atoms with Crippen molar-refractivity contribution in [1.29, 1.82) is 0 Å². The Bertz CT molecular complexity index is 1300. The number of nitrogens with zero attached hydrogens (tertiary/aromatic N) is 1. The van der Waals surface area contributed by atoms with Gasteiger partial charge < -0.3 is 11.1 Å². The van der Waals surface area contributed by atoms with Gasteiger partial charge in [-0.25, -0.2) is 18.1 Å². The molecule has 0 saturated carbocycles. The Morgan fingerprint density at radius 3 is 2.61 bits per heavy atom. The first-order valence-electron chi connectivity index (χ1n) is 9.79. The van der Waals surface area contributed by atoms with Crippen LogP contribution in [0.15, 0.2) is 35.2 Å². The molecule has 1 atom stereocenters. The molecule has 0 bridgehead atoms. The van der Waals surface area contributed by atoms with Crippen molar-refractivity contribution in [2.24, 2.45) is 5.92 Å². The lowest BCUT2D eigenvalue weighted by Crippen LogP contribution is -2.28. The molecule has 1 unspecified atom stereocenters. The number of nitrogen functional groups attached to an aromatic ring is 1. The molecule has 1 aliphatic rings. The summed E-state index contributed by atoms with van der Waals surface area (Å²) in [6, 6.07) is 7.58. The van der Waals surface area contributed by atoms with Gasteiger partial charge in [0.2, 0.25) is 5.91 Å². The van der Waals surface area contributed by atoms with Crippen LogP contribution >= 0.6 is 11.3 Å². The number of hydrogen-bond acceptors (Lipinski definition) is 7. The maximum Gasteiger partial charge on any atom is 0.267 e. The molecule has 1 aliphatic carbocycles. The van der Waals surface area contributed by atoms with Gasteiger partial charge in [0, 0.05) is 23.7 Å². The second-order valence-electron chi connectivity index (χ2n) is 7.78. The van der Waals surface area contributed by atoms with Crippen molar-refractivity contribution >= 4 is 54.8 Å². The van der Waals surface area contributed by atoms with E-state index in [0.29, 0.717) is 22.2 Å². The zero-order chi connectivity index (χ0) is 22.3. The number of rotatable bonds is 4. The zero-order valence-corrected chi connectivity index (χ0v) is 18.7. The summed E-state index contributed by atoms with van der Waals surface area (Å²) in [5, 5.41) is 3.53. The Kier molecular flexibility index (Phi) is 5.44. The van der Waals surface area contributed by atoms with Gasteiger partial charge in [0.25, 0.3) is 15.9 Å². The van der Waals surface area contributed by atoms with Crippen LogP contribution in [0.1, 0.15) is 41.2 Å². The van der Waals surface area contributed by atoms with Gasteiger partial charge in [-0.1, -0.05) is 6.92 Å². The maximum absolute atomic E-state index is 12.8. The van der Waals surface area contributed by atoms with Gasteiger partial charge in [-0.3, -0.25) is 9.59 Å². The first kappa shape index (κ1) is 21.3. The molecule has 2 heterocycles. The van der Waals surface area contributed by atoms with E-state index in [2.05, 4.69) is 18.3 Å². The number of anilines is 2. The summed E-state index contributed by atoms with van der Waals surface area (Å²) in [5.41, 5.74) is 9.36. The number of aryl methyl sites for hydroxylation is 1. The van der Waals surface area contributed by atoms with Crippen LogP contribution in [-0.4, -0.2) is 25.2 Å². The van der Waals surface area contributed by atoms with E-state index >= 15 is 0 Å². The van der Waals surface area contributed by atoms with E-state index in [0.717, 1.165) is 42.1 Å². The fraction of sp³-hybridized carbons (Fsp3) is 0.286. The number of sulfonamides is 1. The highest BCUT2D eigenvalue weighted by Gasteiger charge is 2.22. The first-order valence-corrected chi connectivity index (χ1v) is 12.1. The largest absolute Gasteiger partial charge is 0.397 e. The monoisotopic (exact) mass is 458 g/mol. The molecule has 3 aromatic rings. The molecule has 1 aromatic carbocycles. The standard InChI is InChI=1S/C21H22N4O4S2/c1-11-3-8-17-13(9-11)10-16-18(22)19(30-21(16)24-17)20(27)23-14-4-6-15(7-5-14)31(28,29)25-12(2)26/h4-7,10-11H,3,8-9,22H2,1-2H3,(H,23,27)(H,25,26). The molecule has 4 N–H and O–H groups in total. The van der Waals surface area contributed by atoms with Gasteiger partial charge in [-0.15, -0.1) is 11.3 Å². The number of carbonyl (C=O) groups excluding carboxylic acids is 2. The Balaban J connectivity index is 1.57. The predicted molar refractivity (Wildman–Crippen MR) is 121 cm³/mol. The lowest BCUT2D eigenvalue weighted by atomic mass is 9.87. The number of aromatic nitrogens is 1. The number of thiophene rings is 1. The summed E-state index contributed by atoms with van der Waals surface area (Å²) in [5.74, 6) is -0.460. The molecule has 0 aliphatic heterocycles. The maximum atomic E-state index is 12.8. The lowest BCUT2D eigenvalue weighted by molar-refractivity contribution is -0.117. The third-order valence-electron chi connectivity index (χ3n) is 5.24. The van der Waals surface area contributed by atoms with Crippen LogP contribution in [-0.2, 0) is 27.7 Å². The fourth-order valence-electron chi connectivity index (χ4n) is 3.69. The summed E-state index contributed by atoms with van der Waals surface area (Å²) >= 11 is 1.25. The molecule has 0 radical (unpaired) electrons. The highest BCUT2D eigenvalue weighted by atomic mass is 32.2. The molecular formula is C21H22N4O4S2. The van der Waals surface area contributed by atoms with E-state index in [1.54, 1.807) is 0 Å². The molecule has 2 aromatic heterocycles. The summed E-state index contributed by atoms with van der Waals surface area (Å²) in [4.78, 5) is 29.6. The normalized spacial score (nSPS) is 16.0. The average molecular weight is 459 g/mol. The van der Waals surface area contributed by atoms with Crippen molar-refractivity contribution in [3.8, 4) is 0 Å².